The first-order valence-electron chi connectivity index (χ1n) is 4.91. The van der Waals surface area contributed by atoms with Crippen LogP contribution in [0.3, 0.4) is 0 Å². The summed E-state index contributed by atoms with van der Waals surface area (Å²) >= 11 is 1.30. The minimum Gasteiger partial charge on any atom is -1.00 e. The molecule has 0 atom stereocenters. The number of hydrogen-bond acceptors (Lipinski definition) is 3. The molecule has 0 saturated carbocycles. The van der Waals surface area contributed by atoms with Crippen LogP contribution in [-0.2, 0) is 10.5 Å². The van der Waals surface area contributed by atoms with Gasteiger partial charge in [0.05, 0.1) is 12.2 Å². The van der Waals surface area contributed by atoms with Crippen molar-refractivity contribution in [1.82, 2.24) is 0 Å². The summed E-state index contributed by atoms with van der Waals surface area (Å²) in [5, 5.41) is 5.66. The number of thioether (sulfide) groups is 1. The number of esters is 1. The first-order chi connectivity index (χ1) is 7.65. The maximum absolute atomic E-state index is 11.6. The first kappa shape index (κ1) is 15.8. The second-order valence-electron chi connectivity index (χ2n) is 3.07. The Bertz CT molecular complexity index is 399. The molecule has 1 aromatic rings. The summed E-state index contributed by atoms with van der Waals surface area (Å²) in [5.41, 5.74) is 6.81. The van der Waals surface area contributed by atoms with Crippen LogP contribution >= 0.6 is 11.8 Å². The Balaban J connectivity index is 0.00000256. The van der Waals surface area contributed by atoms with Crippen molar-refractivity contribution in [2.75, 3.05) is 6.61 Å². The molecule has 0 aliphatic rings. The van der Waals surface area contributed by atoms with Crippen molar-refractivity contribution in [2.24, 2.45) is 5.73 Å². The van der Waals surface area contributed by atoms with E-state index in [1.54, 1.807) is 19.1 Å². The van der Waals surface area contributed by atoms with E-state index in [1.807, 2.05) is 12.1 Å². The molecule has 0 aliphatic heterocycles. The van der Waals surface area contributed by atoms with Gasteiger partial charge in [-0.25, -0.2) is 4.79 Å². The first-order valence-corrected chi connectivity index (χ1v) is 5.89. The van der Waals surface area contributed by atoms with E-state index in [-0.39, 0.29) is 18.4 Å². The van der Waals surface area contributed by atoms with Gasteiger partial charge in [-0.2, -0.15) is 0 Å². The highest BCUT2D eigenvalue weighted by molar-refractivity contribution is 8.12. The van der Waals surface area contributed by atoms with Crippen LogP contribution in [0, 0.1) is 0 Å². The van der Waals surface area contributed by atoms with E-state index < -0.39 is 0 Å². The average Bonchev–Trinajstić information content (AvgIpc) is 2.27. The van der Waals surface area contributed by atoms with Gasteiger partial charge in [-0.15, -0.1) is 0 Å². The molecule has 1 aromatic carbocycles. The number of carbonyl (C=O) groups excluding carboxylic acids is 1. The third kappa shape index (κ3) is 5.10. The summed E-state index contributed by atoms with van der Waals surface area (Å²) < 4.78 is 4.96. The Hall–Kier alpha value is -1.20. The lowest BCUT2D eigenvalue weighted by Crippen LogP contribution is -3.00. The van der Waals surface area contributed by atoms with Crippen molar-refractivity contribution in [1.29, 1.82) is 0 Å². The number of carbonyl (C=O) groups is 1. The molecule has 0 saturated heterocycles. The van der Waals surface area contributed by atoms with E-state index in [0.717, 1.165) is 5.56 Å². The van der Waals surface area contributed by atoms with Crippen LogP contribution in [0.5, 0.6) is 0 Å². The summed E-state index contributed by atoms with van der Waals surface area (Å²) in [6.45, 7) is 2.15. The van der Waals surface area contributed by atoms with E-state index in [2.05, 4.69) is 0 Å². The smallest absolute Gasteiger partial charge is 0.338 e. The van der Waals surface area contributed by atoms with Crippen LogP contribution < -0.4 is 23.5 Å². The van der Waals surface area contributed by atoms with E-state index in [9.17, 15) is 4.79 Å². The Kier molecular flexibility index (Phi) is 7.41. The van der Waals surface area contributed by atoms with Gasteiger partial charge in [-0.1, -0.05) is 18.2 Å². The molecule has 0 aromatic heterocycles. The van der Waals surface area contributed by atoms with Gasteiger partial charge in [0.1, 0.15) is 0 Å². The lowest BCUT2D eigenvalue weighted by atomic mass is 10.1. The van der Waals surface area contributed by atoms with Crippen LogP contribution in [0.15, 0.2) is 24.3 Å². The van der Waals surface area contributed by atoms with Gasteiger partial charge in [0.25, 0.3) is 5.17 Å². The van der Waals surface area contributed by atoms with E-state index in [4.69, 9.17) is 15.9 Å². The molecule has 0 unspecified atom stereocenters. The van der Waals surface area contributed by atoms with Gasteiger partial charge >= 0.3 is 5.97 Å². The zero-order valence-corrected chi connectivity index (χ0v) is 11.1. The molecule has 0 heterocycles. The van der Waals surface area contributed by atoms with Crippen molar-refractivity contribution in [3.63, 3.8) is 0 Å². The molecule has 17 heavy (non-hydrogen) atoms. The molecular weight excluding hydrogens is 260 g/mol. The molecule has 1 rings (SSSR count). The quantitative estimate of drug-likeness (QED) is 0.353. The summed E-state index contributed by atoms with van der Waals surface area (Å²) in [5.74, 6) is 0.256. The van der Waals surface area contributed by atoms with E-state index in [1.165, 1.54) is 11.8 Å². The van der Waals surface area contributed by atoms with E-state index >= 15 is 0 Å². The number of hydrogen-bond donors (Lipinski definition) is 2. The maximum atomic E-state index is 11.6. The summed E-state index contributed by atoms with van der Waals surface area (Å²) in [6, 6.07) is 7.27. The van der Waals surface area contributed by atoms with Crippen LogP contribution in [-0.4, -0.2) is 17.7 Å². The second-order valence-corrected chi connectivity index (χ2v) is 4.12. The van der Waals surface area contributed by atoms with Crippen molar-refractivity contribution in [3.8, 4) is 0 Å². The zero-order chi connectivity index (χ0) is 12.0. The third-order valence-electron chi connectivity index (χ3n) is 1.91. The number of amidine groups is 1. The maximum Gasteiger partial charge on any atom is 0.338 e. The predicted molar refractivity (Wildman–Crippen MR) is 64.8 cm³/mol. The molecule has 4 N–H and O–H groups in total. The van der Waals surface area contributed by atoms with E-state index in [0.29, 0.717) is 23.1 Å². The summed E-state index contributed by atoms with van der Waals surface area (Å²) in [6.07, 6.45) is 0. The number of nitrogens with two attached hydrogens (primary N) is 2. The molecule has 0 spiro atoms. The second kappa shape index (κ2) is 7.97. The fourth-order valence-corrected chi connectivity index (χ4v) is 1.79. The lowest BCUT2D eigenvalue weighted by molar-refractivity contribution is -0.110. The van der Waals surface area contributed by atoms with Crippen molar-refractivity contribution in [3.05, 3.63) is 35.4 Å². The number of rotatable bonds is 4. The van der Waals surface area contributed by atoms with Gasteiger partial charge < -0.3 is 17.1 Å². The Morgan fingerprint density at radius 1 is 1.47 bits per heavy atom. The Morgan fingerprint density at radius 2 is 2.12 bits per heavy atom. The SMILES string of the molecule is CCOC(=O)c1ccccc1CSC(N)=[NH2+].[Cl-]. The van der Waals surface area contributed by atoms with Crippen LogP contribution in [0.2, 0.25) is 0 Å². The molecule has 0 radical (unpaired) electrons. The van der Waals surface area contributed by atoms with Crippen LogP contribution in [0.4, 0.5) is 0 Å². The minimum atomic E-state index is -0.311. The summed E-state index contributed by atoms with van der Waals surface area (Å²) in [4.78, 5) is 11.6. The standard InChI is InChI=1S/C11H14N2O2S.ClH/c1-2-15-10(14)9-6-4-3-5-8(9)7-16-11(12)13;/h3-6H,2,7H2,1H3,(H3,12,13);1H. The van der Waals surface area contributed by atoms with Crippen molar-refractivity contribution < 1.29 is 27.3 Å². The largest absolute Gasteiger partial charge is 1.00 e. The highest BCUT2D eigenvalue weighted by Crippen LogP contribution is 2.16. The lowest BCUT2D eigenvalue weighted by Gasteiger charge is -2.06. The molecule has 94 valence electrons. The molecule has 6 heteroatoms. The molecular formula is C11H15ClN2O2S. The number of ether oxygens (including phenoxy) is 1. The zero-order valence-electron chi connectivity index (χ0n) is 9.48. The Labute approximate surface area is 111 Å². The van der Waals surface area contributed by atoms with Gasteiger partial charge in [0, 0.05) is 5.75 Å². The topological polar surface area (TPSA) is 77.9 Å². The summed E-state index contributed by atoms with van der Waals surface area (Å²) in [7, 11) is 0. The average molecular weight is 275 g/mol. The predicted octanol–water partition coefficient (Wildman–Crippen LogP) is -2.83. The van der Waals surface area contributed by atoms with Crippen LogP contribution in [0.25, 0.3) is 0 Å². The van der Waals surface area contributed by atoms with Crippen LogP contribution in [0.1, 0.15) is 22.8 Å². The molecule has 0 amide bonds. The van der Waals surface area contributed by atoms with Gasteiger partial charge in [-0.3, -0.25) is 11.1 Å². The highest BCUT2D eigenvalue weighted by Gasteiger charge is 2.12. The number of halogens is 1. The van der Waals surface area contributed by atoms with Gasteiger partial charge in [0.15, 0.2) is 0 Å². The Morgan fingerprint density at radius 3 is 2.71 bits per heavy atom. The minimum absolute atomic E-state index is 0. The van der Waals surface area contributed by atoms with Crippen molar-refractivity contribution >= 4 is 22.9 Å². The van der Waals surface area contributed by atoms with Gasteiger partial charge in [0.2, 0.25) is 0 Å². The fourth-order valence-electron chi connectivity index (χ4n) is 1.22. The molecule has 0 aliphatic carbocycles. The molecule has 0 bridgehead atoms. The van der Waals surface area contributed by atoms with Crippen molar-refractivity contribution in [2.45, 2.75) is 12.7 Å². The number of benzene rings is 1. The molecule has 0 fully saturated rings. The third-order valence-corrected chi connectivity index (χ3v) is 2.70. The normalized spacial score (nSPS) is 9.24. The molecule has 4 nitrogen and oxygen atoms in total. The monoisotopic (exact) mass is 274 g/mol. The highest BCUT2D eigenvalue weighted by atomic mass is 35.5. The fraction of sp³-hybridized carbons (Fsp3) is 0.273. The van der Waals surface area contributed by atoms with Gasteiger partial charge in [-0.05, 0) is 30.3 Å².